The second-order valence-corrected chi connectivity index (χ2v) is 5.95. The molecule has 5 heteroatoms. The second kappa shape index (κ2) is 6.35. The van der Waals surface area contributed by atoms with Crippen molar-refractivity contribution in [1.82, 2.24) is 5.43 Å². The van der Waals surface area contributed by atoms with Crippen LogP contribution < -0.4 is 21.1 Å². The van der Waals surface area contributed by atoms with Crippen LogP contribution in [0.2, 0.25) is 0 Å². The van der Waals surface area contributed by atoms with Crippen LogP contribution in [0.25, 0.3) is 0 Å². The summed E-state index contributed by atoms with van der Waals surface area (Å²) in [6.07, 6.45) is 6.27. The van der Waals surface area contributed by atoms with E-state index in [0.717, 1.165) is 19.0 Å². The van der Waals surface area contributed by atoms with Crippen molar-refractivity contribution in [3.05, 3.63) is 24.3 Å². The highest BCUT2D eigenvalue weighted by molar-refractivity contribution is 5.99. The van der Waals surface area contributed by atoms with Gasteiger partial charge in [-0.1, -0.05) is 31.4 Å². The number of benzene rings is 1. The van der Waals surface area contributed by atoms with Gasteiger partial charge in [-0.25, -0.2) is 10.8 Å². The Morgan fingerprint density at radius 2 is 1.86 bits per heavy atom. The minimum atomic E-state index is 0.414. The number of fused-ring (bicyclic) bond motifs is 1. The number of hydrogen-bond donors (Lipinski definition) is 2. The van der Waals surface area contributed by atoms with E-state index < -0.39 is 0 Å². The molecule has 1 heterocycles. The highest BCUT2D eigenvalue weighted by Crippen LogP contribution is 2.32. The monoisotopic (exact) mass is 287 g/mol. The summed E-state index contributed by atoms with van der Waals surface area (Å²) in [4.78, 5) is 9.38. The zero-order valence-corrected chi connectivity index (χ0v) is 12.8. The molecular weight excluding hydrogens is 262 g/mol. The van der Waals surface area contributed by atoms with E-state index in [1.54, 1.807) is 0 Å². The Morgan fingerprint density at radius 3 is 2.57 bits per heavy atom. The first-order valence-electron chi connectivity index (χ1n) is 7.91. The molecule has 1 fully saturated rings. The van der Waals surface area contributed by atoms with Gasteiger partial charge in [-0.2, -0.15) is 0 Å². The number of nitrogens with one attached hydrogen (secondary N) is 1. The molecule has 1 aliphatic heterocycles. The van der Waals surface area contributed by atoms with Gasteiger partial charge in [-0.15, -0.1) is 0 Å². The van der Waals surface area contributed by atoms with Crippen LogP contribution >= 0.6 is 0 Å². The van der Waals surface area contributed by atoms with Gasteiger partial charge in [-0.05, 0) is 25.0 Å². The van der Waals surface area contributed by atoms with Crippen molar-refractivity contribution in [2.45, 2.75) is 38.1 Å². The normalized spacial score (nSPS) is 20.4. The van der Waals surface area contributed by atoms with E-state index >= 15 is 0 Å². The van der Waals surface area contributed by atoms with Gasteiger partial charge in [0.2, 0.25) is 5.96 Å². The lowest BCUT2D eigenvalue weighted by atomic mass is 9.96. The number of hydrogen-bond acceptors (Lipinski definition) is 3. The SMILES string of the molecule is CN1CCN(C(=NC2CCCCC2)NN)c2ccccc21. The smallest absolute Gasteiger partial charge is 0.213 e. The molecule has 0 amide bonds. The molecule has 1 aromatic carbocycles. The summed E-state index contributed by atoms with van der Waals surface area (Å²) in [7, 11) is 2.13. The van der Waals surface area contributed by atoms with Gasteiger partial charge in [0.1, 0.15) is 0 Å². The number of guanidine groups is 1. The van der Waals surface area contributed by atoms with Gasteiger partial charge in [0, 0.05) is 20.1 Å². The first kappa shape index (κ1) is 14.2. The minimum Gasteiger partial charge on any atom is -0.371 e. The molecule has 3 N–H and O–H groups in total. The fraction of sp³-hybridized carbons (Fsp3) is 0.562. The van der Waals surface area contributed by atoms with Crippen molar-refractivity contribution in [1.29, 1.82) is 0 Å². The third-order valence-corrected chi connectivity index (χ3v) is 4.51. The van der Waals surface area contributed by atoms with E-state index in [-0.39, 0.29) is 0 Å². The van der Waals surface area contributed by atoms with Gasteiger partial charge >= 0.3 is 0 Å². The quantitative estimate of drug-likeness (QED) is 0.359. The number of aliphatic imine (C=N–C) groups is 1. The topological polar surface area (TPSA) is 56.9 Å². The molecule has 3 rings (SSSR count). The zero-order valence-electron chi connectivity index (χ0n) is 12.8. The lowest BCUT2D eigenvalue weighted by Gasteiger charge is -2.37. The number of anilines is 2. The molecule has 1 saturated carbocycles. The summed E-state index contributed by atoms with van der Waals surface area (Å²) in [5.41, 5.74) is 5.24. The van der Waals surface area contributed by atoms with E-state index in [1.165, 1.54) is 43.5 Å². The standard InChI is InChI=1S/C16H25N5/c1-20-11-12-21(15-10-6-5-9-14(15)20)16(19-17)18-13-7-3-2-4-8-13/h5-6,9-10,13H,2-4,7-8,11-12,17H2,1H3,(H,18,19). The van der Waals surface area contributed by atoms with Crippen molar-refractivity contribution in [3.63, 3.8) is 0 Å². The van der Waals surface area contributed by atoms with Gasteiger partial charge in [-0.3, -0.25) is 5.43 Å². The highest BCUT2D eigenvalue weighted by Gasteiger charge is 2.24. The van der Waals surface area contributed by atoms with Crippen LogP contribution in [0, 0.1) is 0 Å². The first-order chi connectivity index (χ1) is 10.3. The Bertz CT molecular complexity index is 507. The molecule has 0 atom stereocenters. The van der Waals surface area contributed by atoms with Crippen LogP contribution in [-0.4, -0.2) is 32.1 Å². The molecule has 0 unspecified atom stereocenters. The van der Waals surface area contributed by atoms with Crippen molar-refractivity contribution >= 4 is 17.3 Å². The van der Waals surface area contributed by atoms with Crippen molar-refractivity contribution in [3.8, 4) is 0 Å². The van der Waals surface area contributed by atoms with Crippen LogP contribution in [0.4, 0.5) is 11.4 Å². The summed E-state index contributed by atoms with van der Waals surface area (Å²) in [6, 6.07) is 8.85. The number of hydrazine groups is 1. The maximum atomic E-state index is 5.78. The maximum Gasteiger partial charge on any atom is 0.213 e. The Morgan fingerprint density at radius 1 is 1.14 bits per heavy atom. The maximum absolute atomic E-state index is 5.78. The van der Waals surface area contributed by atoms with E-state index in [0.29, 0.717) is 6.04 Å². The number of nitrogens with two attached hydrogens (primary N) is 1. The summed E-state index contributed by atoms with van der Waals surface area (Å²) >= 11 is 0. The Balaban J connectivity index is 1.87. The van der Waals surface area contributed by atoms with E-state index in [2.05, 4.69) is 46.5 Å². The molecule has 114 valence electrons. The number of likely N-dealkylation sites (N-methyl/N-ethyl adjacent to an activating group) is 1. The predicted molar refractivity (Wildman–Crippen MR) is 88.7 cm³/mol. The number of rotatable bonds is 1. The Labute approximate surface area is 126 Å². The molecule has 0 radical (unpaired) electrons. The van der Waals surface area contributed by atoms with Crippen LogP contribution in [0.15, 0.2) is 29.3 Å². The van der Waals surface area contributed by atoms with E-state index in [1.807, 2.05) is 0 Å². The summed E-state index contributed by atoms with van der Waals surface area (Å²) in [6.45, 7) is 1.88. The highest BCUT2D eigenvalue weighted by atomic mass is 15.4. The molecule has 0 bridgehead atoms. The van der Waals surface area contributed by atoms with Crippen molar-refractivity contribution in [2.24, 2.45) is 10.8 Å². The molecule has 0 spiro atoms. The third kappa shape index (κ3) is 2.97. The van der Waals surface area contributed by atoms with Crippen LogP contribution in [0.5, 0.6) is 0 Å². The molecule has 5 nitrogen and oxygen atoms in total. The average Bonchev–Trinajstić information content (AvgIpc) is 2.55. The van der Waals surface area contributed by atoms with Crippen LogP contribution in [-0.2, 0) is 0 Å². The fourth-order valence-electron chi connectivity index (χ4n) is 3.29. The summed E-state index contributed by atoms with van der Waals surface area (Å²) < 4.78 is 0. The first-order valence-corrected chi connectivity index (χ1v) is 7.91. The lowest BCUT2D eigenvalue weighted by molar-refractivity contribution is 0.441. The van der Waals surface area contributed by atoms with Crippen molar-refractivity contribution < 1.29 is 0 Å². The van der Waals surface area contributed by atoms with Gasteiger partial charge < -0.3 is 9.80 Å². The number of para-hydroxylation sites is 2. The van der Waals surface area contributed by atoms with Gasteiger partial charge in [0.25, 0.3) is 0 Å². The van der Waals surface area contributed by atoms with Crippen LogP contribution in [0.3, 0.4) is 0 Å². The fourth-order valence-corrected chi connectivity index (χ4v) is 3.29. The largest absolute Gasteiger partial charge is 0.371 e. The average molecular weight is 287 g/mol. The van der Waals surface area contributed by atoms with E-state index in [4.69, 9.17) is 10.8 Å². The number of nitrogens with zero attached hydrogens (tertiary/aromatic N) is 3. The lowest BCUT2D eigenvalue weighted by Crippen LogP contribution is -2.50. The van der Waals surface area contributed by atoms with Crippen LogP contribution in [0.1, 0.15) is 32.1 Å². The van der Waals surface area contributed by atoms with Gasteiger partial charge in [0.15, 0.2) is 0 Å². The molecule has 1 aromatic rings. The summed E-state index contributed by atoms with van der Waals surface area (Å²) in [5.74, 6) is 6.58. The second-order valence-electron chi connectivity index (χ2n) is 5.95. The Kier molecular flexibility index (Phi) is 4.29. The van der Waals surface area contributed by atoms with Gasteiger partial charge in [0.05, 0.1) is 17.4 Å². The molecule has 1 aliphatic carbocycles. The Hall–Kier alpha value is -1.75. The van der Waals surface area contributed by atoms with E-state index in [9.17, 15) is 0 Å². The molecular formula is C16H25N5. The third-order valence-electron chi connectivity index (χ3n) is 4.51. The minimum absolute atomic E-state index is 0.414. The predicted octanol–water partition coefficient (Wildman–Crippen LogP) is 2.09. The summed E-state index contributed by atoms with van der Waals surface area (Å²) in [5, 5.41) is 0. The molecule has 0 saturated heterocycles. The zero-order chi connectivity index (χ0) is 14.7. The van der Waals surface area contributed by atoms with Crippen molar-refractivity contribution in [2.75, 3.05) is 29.9 Å². The molecule has 2 aliphatic rings. The molecule has 21 heavy (non-hydrogen) atoms. The molecule has 0 aromatic heterocycles.